The monoisotopic (exact) mass is 566 g/mol. The largest absolute Gasteiger partial charge is 0.456 e. The van der Waals surface area contributed by atoms with Crippen LogP contribution >= 0.6 is 0 Å². The van der Waals surface area contributed by atoms with Crippen LogP contribution in [0.3, 0.4) is 0 Å². The Bertz CT molecular complexity index is 1740. The van der Waals surface area contributed by atoms with Gasteiger partial charge in [0.15, 0.2) is 5.60 Å². The van der Waals surface area contributed by atoms with Crippen LogP contribution < -0.4 is 14.5 Å². The number of carbonyl (C=O) groups excluding carboxylic acids is 1. The zero-order valence-electron chi connectivity index (χ0n) is 24.5. The minimum Gasteiger partial charge on any atom is -0.456 e. The highest BCUT2D eigenvalue weighted by molar-refractivity contribution is 5.97. The van der Waals surface area contributed by atoms with Crippen molar-refractivity contribution < 1.29 is 14.3 Å². The molecule has 2 heterocycles. The van der Waals surface area contributed by atoms with Crippen molar-refractivity contribution in [2.75, 3.05) is 22.9 Å². The van der Waals surface area contributed by atoms with Crippen molar-refractivity contribution in [3.63, 3.8) is 0 Å². The number of hydrogen-bond acceptors (Lipinski definition) is 5. The molecule has 0 unspecified atom stereocenters. The van der Waals surface area contributed by atoms with Gasteiger partial charge in [0.05, 0.1) is 5.56 Å². The van der Waals surface area contributed by atoms with Gasteiger partial charge in [-0.1, -0.05) is 78.9 Å². The van der Waals surface area contributed by atoms with E-state index >= 15 is 0 Å². The summed E-state index contributed by atoms with van der Waals surface area (Å²) in [5, 5.41) is 0. The molecule has 43 heavy (non-hydrogen) atoms. The van der Waals surface area contributed by atoms with Crippen molar-refractivity contribution in [2.45, 2.75) is 32.5 Å². The Labute approximate surface area is 252 Å². The van der Waals surface area contributed by atoms with E-state index in [4.69, 9.17) is 9.47 Å². The Hall–Kier alpha value is -5.03. The molecule has 0 bridgehead atoms. The summed E-state index contributed by atoms with van der Waals surface area (Å²) >= 11 is 0. The molecular weight excluding hydrogens is 532 g/mol. The van der Waals surface area contributed by atoms with Gasteiger partial charge >= 0.3 is 5.97 Å². The van der Waals surface area contributed by atoms with Gasteiger partial charge in [-0.25, -0.2) is 4.79 Å². The first-order valence-corrected chi connectivity index (χ1v) is 15.0. The van der Waals surface area contributed by atoms with Crippen LogP contribution in [0.15, 0.2) is 121 Å². The molecule has 214 valence electrons. The van der Waals surface area contributed by atoms with Gasteiger partial charge in [-0.3, -0.25) is 0 Å². The number of anilines is 2. The molecule has 0 saturated heterocycles. The molecular formula is C38H34N2O3. The molecule has 1 spiro atoms. The topological polar surface area (TPSA) is 42.0 Å². The number of nitrogens with zero attached hydrogens (tertiary/aromatic N) is 2. The first-order chi connectivity index (χ1) is 21.1. The summed E-state index contributed by atoms with van der Waals surface area (Å²) in [6.45, 7) is 7.51. The molecule has 5 heteroatoms. The molecule has 5 nitrogen and oxygen atoms in total. The molecule has 0 aliphatic carbocycles. The van der Waals surface area contributed by atoms with Gasteiger partial charge in [0.25, 0.3) is 0 Å². The molecule has 0 radical (unpaired) electrons. The minimum absolute atomic E-state index is 0.321. The average molecular weight is 567 g/mol. The van der Waals surface area contributed by atoms with Gasteiger partial charge in [0, 0.05) is 60.3 Å². The number of fused-ring (bicyclic) bond motifs is 6. The van der Waals surface area contributed by atoms with Crippen molar-refractivity contribution >= 4 is 17.3 Å². The molecule has 2 aliphatic rings. The van der Waals surface area contributed by atoms with Crippen molar-refractivity contribution in [3.05, 3.63) is 155 Å². The van der Waals surface area contributed by atoms with Gasteiger partial charge in [-0.05, 0) is 61.4 Å². The van der Waals surface area contributed by atoms with Gasteiger partial charge in [-0.2, -0.15) is 0 Å². The van der Waals surface area contributed by atoms with Crippen LogP contribution in [0.1, 0.15) is 52.0 Å². The predicted molar refractivity (Wildman–Crippen MR) is 171 cm³/mol. The van der Waals surface area contributed by atoms with Gasteiger partial charge in [-0.15, -0.1) is 0 Å². The number of ether oxygens (including phenoxy) is 2. The molecule has 7 rings (SSSR count). The second-order valence-electron chi connectivity index (χ2n) is 11.1. The summed E-state index contributed by atoms with van der Waals surface area (Å²) in [5.41, 5.74) is 6.52. The molecule has 0 N–H and O–H groups in total. The molecule has 5 aromatic rings. The summed E-state index contributed by atoms with van der Waals surface area (Å²) in [5.74, 6) is 1.08. The number of rotatable bonds is 8. The molecule has 5 aromatic carbocycles. The maximum absolute atomic E-state index is 13.4. The summed E-state index contributed by atoms with van der Waals surface area (Å²) in [6, 6.07) is 41.3. The number of carbonyl (C=O) groups is 1. The lowest BCUT2D eigenvalue weighted by Gasteiger charge is -2.38. The Kier molecular flexibility index (Phi) is 6.86. The molecule has 0 saturated carbocycles. The van der Waals surface area contributed by atoms with Crippen LogP contribution in [0.5, 0.6) is 11.5 Å². The minimum atomic E-state index is -1.11. The molecule has 0 fully saturated rings. The first-order valence-electron chi connectivity index (χ1n) is 15.0. The summed E-state index contributed by atoms with van der Waals surface area (Å²) in [4.78, 5) is 18.1. The van der Waals surface area contributed by atoms with E-state index in [1.54, 1.807) is 0 Å². The van der Waals surface area contributed by atoms with Gasteiger partial charge < -0.3 is 19.3 Å². The first kappa shape index (κ1) is 26.8. The number of esters is 1. The second-order valence-corrected chi connectivity index (χ2v) is 11.1. The quantitative estimate of drug-likeness (QED) is 0.177. The zero-order valence-corrected chi connectivity index (χ0v) is 24.5. The SMILES string of the molecule is CCN(CC)c1ccc2c(c1)Oc1ccc(N(Cc3ccccc3)Cc3ccccc3)cc1[C@]21OC(=O)c2ccccc21. The normalized spacial score (nSPS) is 16.1. The lowest BCUT2D eigenvalue weighted by atomic mass is 9.77. The fourth-order valence-corrected chi connectivity index (χ4v) is 6.48. The van der Waals surface area contributed by atoms with E-state index in [2.05, 4.69) is 103 Å². The highest BCUT2D eigenvalue weighted by Gasteiger charge is 2.53. The molecule has 0 amide bonds. The Morgan fingerprint density at radius 3 is 1.86 bits per heavy atom. The maximum atomic E-state index is 13.4. The van der Waals surface area contributed by atoms with E-state index < -0.39 is 5.60 Å². The van der Waals surface area contributed by atoms with Crippen molar-refractivity contribution in [1.82, 2.24) is 0 Å². The zero-order chi connectivity index (χ0) is 29.4. The van der Waals surface area contributed by atoms with Gasteiger partial charge in [0.1, 0.15) is 11.5 Å². The van der Waals surface area contributed by atoms with E-state index in [0.29, 0.717) is 17.1 Å². The van der Waals surface area contributed by atoms with E-state index in [1.807, 2.05) is 42.5 Å². The predicted octanol–water partition coefficient (Wildman–Crippen LogP) is 8.31. The van der Waals surface area contributed by atoms with Crippen LogP contribution in [0.4, 0.5) is 11.4 Å². The number of benzene rings is 5. The fourth-order valence-electron chi connectivity index (χ4n) is 6.48. The fraction of sp³-hybridized carbons (Fsp3) is 0.184. The van der Waals surface area contributed by atoms with Crippen LogP contribution in [0, 0.1) is 0 Å². The average Bonchev–Trinajstić information content (AvgIpc) is 3.35. The molecule has 2 aliphatic heterocycles. The van der Waals surface area contributed by atoms with E-state index in [1.165, 1.54) is 11.1 Å². The van der Waals surface area contributed by atoms with Gasteiger partial charge in [0.2, 0.25) is 0 Å². The summed E-state index contributed by atoms with van der Waals surface area (Å²) < 4.78 is 13.1. The third-order valence-electron chi connectivity index (χ3n) is 8.61. The van der Waals surface area contributed by atoms with E-state index in [0.717, 1.165) is 54.2 Å². The van der Waals surface area contributed by atoms with Crippen LogP contribution in [-0.4, -0.2) is 19.1 Å². The van der Waals surface area contributed by atoms with Crippen LogP contribution in [0.25, 0.3) is 0 Å². The van der Waals surface area contributed by atoms with Crippen LogP contribution in [0.2, 0.25) is 0 Å². The highest BCUT2D eigenvalue weighted by atomic mass is 16.6. The maximum Gasteiger partial charge on any atom is 0.340 e. The third kappa shape index (κ3) is 4.62. The third-order valence-corrected chi connectivity index (χ3v) is 8.61. The van der Waals surface area contributed by atoms with E-state index in [9.17, 15) is 4.79 Å². The van der Waals surface area contributed by atoms with Crippen molar-refractivity contribution in [1.29, 1.82) is 0 Å². The van der Waals surface area contributed by atoms with Crippen LogP contribution in [-0.2, 0) is 23.4 Å². The van der Waals surface area contributed by atoms with Crippen molar-refractivity contribution in [2.24, 2.45) is 0 Å². The standard InChI is InChI=1S/C38H34N2O3/c1-3-39(4-2)30-19-21-33-36(24-30)42-35-22-20-29(23-34(35)38(33)32-18-12-11-17-31(32)37(41)43-38)40(25-27-13-7-5-8-14-27)26-28-15-9-6-10-16-28/h5-24H,3-4,25-26H2,1-2H3/t38-/m1/s1. The Morgan fingerprint density at radius 2 is 1.19 bits per heavy atom. The lowest BCUT2D eigenvalue weighted by molar-refractivity contribution is 0.0224. The Balaban J connectivity index is 1.40. The van der Waals surface area contributed by atoms with Crippen molar-refractivity contribution in [3.8, 4) is 11.5 Å². The number of hydrogen-bond donors (Lipinski definition) is 0. The highest BCUT2D eigenvalue weighted by Crippen LogP contribution is 2.57. The molecule has 1 atom stereocenters. The summed E-state index contributed by atoms with van der Waals surface area (Å²) in [6.07, 6.45) is 0. The Morgan fingerprint density at radius 1 is 0.581 bits per heavy atom. The van der Waals surface area contributed by atoms with E-state index in [-0.39, 0.29) is 5.97 Å². The smallest absolute Gasteiger partial charge is 0.340 e. The molecule has 0 aromatic heterocycles. The second kappa shape index (κ2) is 11.0. The lowest BCUT2D eigenvalue weighted by Crippen LogP contribution is -2.34. The summed E-state index contributed by atoms with van der Waals surface area (Å²) in [7, 11) is 0.